The molecule has 1 fully saturated rings. The van der Waals surface area contributed by atoms with Gasteiger partial charge in [0.2, 0.25) is 0 Å². The lowest BCUT2D eigenvalue weighted by Gasteiger charge is -2.29. The molecule has 0 spiro atoms. The van der Waals surface area contributed by atoms with Crippen molar-refractivity contribution >= 4 is 32.6 Å². The minimum atomic E-state index is -0.111. The van der Waals surface area contributed by atoms with E-state index in [4.69, 9.17) is 19.2 Å². The molecule has 7 nitrogen and oxygen atoms in total. The number of ether oxygens (including phenoxy) is 3. The van der Waals surface area contributed by atoms with Crippen molar-refractivity contribution in [1.82, 2.24) is 9.88 Å². The van der Waals surface area contributed by atoms with Gasteiger partial charge < -0.3 is 14.2 Å². The number of morpholine rings is 1. The molecule has 8 heteroatoms. The van der Waals surface area contributed by atoms with Crippen molar-refractivity contribution in [2.24, 2.45) is 0 Å². The van der Waals surface area contributed by atoms with Gasteiger partial charge in [-0.15, -0.1) is 0 Å². The van der Waals surface area contributed by atoms with Crippen molar-refractivity contribution in [2.45, 2.75) is 6.92 Å². The number of carbonyl (C=O) groups excluding carboxylic acids is 1. The number of aromatic nitrogens is 1. The molecule has 1 amide bonds. The van der Waals surface area contributed by atoms with E-state index in [1.165, 1.54) is 11.3 Å². The molecule has 1 aliphatic rings. The number of rotatable bonds is 8. The van der Waals surface area contributed by atoms with Crippen molar-refractivity contribution < 1.29 is 19.0 Å². The van der Waals surface area contributed by atoms with Gasteiger partial charge >= 0.3 is 0 Å². The predicted molar refractivity (Wildman–Crippen MR) is 122 cm³/mol. The van der Waals surface area contributed by atoms with E-state index in [0.717, 1.165) is 54.4 Å². The van der Waals surface area contributed by atoms with Crippen molar-refractivity contribution in [3.63, 3.8) is 0 Å². The number of thiazole rings is 1. The highest BCUT2D eigenvalue weighted by molar-refractivity contribution is 7.22. The summed E-state index contributed by atoms with van der Waals surface area (Å²) in [6.45, 7) is 6.50. The standard InChI is InChI=1S/C23H27N3O4S/c1-17-3-5-18(6-4-17)30-16-22(27)26(10-9-25-11-13-29-14-12-25)23-24-20-15-19(28-2)7-8-21(20)31-23/h3-8,15H,9-14,16H2,1-2H3. The molecule has 2 heterocycles. The fourth-order valence-corrected chi connectivity index (χ4v) is 4.38. The monoisotopic (exact) mass is 441 g/mol. The second kappa shape index (κ2) is 10.1. The van der Waals surface area contributed by atoms with Crippen LogP contribution < -0.4 is 14.4 Å². The third kappa shape index (κ3) is 5.52. The van der Waals surface area contributed by atoms with Gasteiger partial charge in [0.25, 0.3) is 5.91 Å². The average molecular weight is 442 g/mol. The number of methoxy groups -OCH3 is 1. The number of carbonyl (C=O) groups is 1. The molecular formula is C23H27N3O4S. The molecular weight excluding hydrogens is 414 g/mol. The number of amides is 1. The van der Waals surface area contributed by atoms with Crippen LogP contribution in [0, 0.1) is 6.92 Å². The number of benzene rings is 2. The summed E-state index contributed by atoms with van der Waals surface area (Å²) in [6, 6.07) is 13.5. The van der Waals surface area contributed by atoms with Crippen LogP contribution in [-0.2, 0) is 9.53 Å². The largest absolute Gasteiger partial charge is 0.497 e. The molecule has 2 aromatic carbocycles. The van der Waals surface area contributed by atoms with Crippen LogP contribution in [0.1, 0.15) is 5.56 Å². The number of fused-ring (bicyclic) bond motifs is 1. The van der Waals surface area contributed by atoms with Crippen LogP contribution >= 0.6 is 11.3 Å². The van der Waals surface area contributed by atoms with E-state index in [1.54, 1.807) is 12.0 Å². The maximum absolute atomic E-state index is 13.2. The van der Waals surface area contributed by atoms with E-state index in [-0.39, 0.29) is 12.5 Å². The zero-order chi connectivity index (χ0) is 21.6. The third-order valence-electron chi connectivity index (χ3n) is 5.24. The van der Waals surface area contributed by atoms with Crippen LogP contribution in [0.15, 0.2) is 42.5 Å². The Hall–Kier alpha value is -2.68. The number of anilines is 1. The van der Waals surface area contributed by atoms with Gasteiger partial charge in [0, 0.05) is 32.2 Å². The Kier molecular flexibility index (Phi) is 7.01. The lowest BCUT2D eigenvalue weighted by molar-refractivity contribution is -0.120. The zero-order valence-corrected chi connectivity index (χ0v) is 18.7. The van der Waals surface area contributed by atoms with E-state index in [1.807, 2.05) is 49.4 Å². The van der Waals surface area contributed by atoms with Crippen LogP contribution in [0.4, 0.5) is 5.13 Å². The Balaban J connectivity index is 1.51. The number of hydrogen-bond donors (Lipinski definition) is 0. The molecule has 0 atom stereocenters. The van der Waals surface area contributed by atoms with Crippen molar-refractivity contribution in [3.05, 3.63) is 48.0 Å². The molecule has 1 aromatic heterocycles. The SMILES string of the molecule is COc1ccc2sc(N(CCN3CCOCC3)C(=O)COc3ccc(C)cc3)nc2c1. The second-order valence-corrected chi connectivity index (χ2v) is 8.44. The highest BCUT2D eigenvalue weighted by atomic mass is 32.1. The smallest absolute Gasteiger partial charge is 0.266 e. The number of hydrogen-bond acceptors (Lipinski definition) is 7. The summed E-state index contributed by atoms with van der Waals surface area (Å²) in [4.78, 5) is 21.9. The minimum absolute atomic E-state index is 0.0363. The van der Waals surface area contributed by atoms with E-state index in [2.05, 4.69) is 4.90 Å². The first kappa shape index (κ1) is 21.5. The molecule has 164 valence electrons. The first-order valence-corrected chi connectivity index (χ1v) is 11.2. The normalized spacial score (nSPS) is 14.5. The first-order valence-electron chi connectivity index (χ1n) is 10.4. The number of aryl methyl sites for hydroxylation is 1. The summed E-state index contributed by atoms with van der Waals surface area (Å²) in [6.07, 6.45) is 0. The highest BCUT2D eigenvalue weighted by Gasteiger charge is 2.22. The van der Waals surface area contributed by atoms with E-state index in [0.29, 0.717) is 17.4 Å². The summed E-state index contributed by atoms with van der Waals surface area (Å²) in [5.41, 5.74) is 1.97. The van der Waals surface area contributed by atoms with Crippen LogP contribution in [0.2, 0.25) is 0 Å². The fraction of sp³-hybridized carbons (Fsp3) is 0.391. The predicted octanol–water partition coefficient (Wildman–Crippen LogP) is 3.36. The average Bonchev–Trinajstić information content (AvgIpc) is 3.22. The summed E-state index contributed by atoms with van der Waals surface area (Å²) in [5, 5.41) is 0.675. The molecule has 0 unspecified atom stereocenters. The van der Waals surface area contributed by atoms with Gasteiger partial charge in [0.1, 0.15) is 11.5 Å². The van der Waals surface area contributed by atoms with Crippen LogP contribution in [-0.4, -0.2) is 68.9 Å². The fourth-order valence-electron chi connectivity index (χ4n) is 3.39. The molecule has 1 aliphatic heterocycles. The maximum atomic E-state index is 13.2. The molecule has 1 saturated heterocycles. The quantitative estimate of drug-likeness (QED) is 0.534. The third-order valence-corrected chi connectivity index (χ3v) is 6.30. The highest BCUT2D eigenvalue weighted by Crippen LogP contribution is 2.31. The second-order valence-electron chi connectivity index (χ2n) is 7.43. The van der Waals surface area contributed by atoms with Gasteiger partial charge in [-0.25, -0.2) is 4.98 Å². The molecule has 4 rings (SSSR count). The minimum Gasteiger partial charge on any atom is -0.497 e. The summed E-state index contributed by atoms with van der Waals surface area (Å²) in [7, 11) is 1.63. The molecule has 0 N–H and O–H groups in total. The molecule has 3 aromatic rings. The van der Waals surface area contributed by atoms with E-state index in [9.17, 15) is 4.79 Å². The topological polar surface area (TPSA) is 64.1 Å². The molecule has 0 radical (unpaired) electrons. The number of nitrogens with zero attached hydrogens (tertiary/aromatic N) is 3. The summed E-state index contributed by atoms with van der Waals surface area (Å²) < 4.78 is 17.5. The van der Waals surface area contributed by atoms with E-state index < -0.39 is 0 Å². The zero-order valence-electron chi connectivity index (χ0n) is 17.9. The van der Waals surface area contributed by atoms with Crippen molar-refractivity contribution in [2.75, 3.05) is 58.0 Å². The lowest BCUT2D eigenvalue weighted by Crippen LogP contribution is -2.44. The van der Waals surface area contributed by atoms with Crippen LogP contribution in [0.25, 0.3) is 10.2 Å². The first-order chi connectivity index (χ1) is 15.1. The van der Waals surface area contributed by atoms with Gasteiger partial charge in [-0.05, 0) is 31.2 Å². The molecule has 0 saturated carbocycles. The molecule has 31 heavy (non-hydrogen) atoms. The lowest BCUT2D eigenvalue weighted by atomic mass is 10.2. The van der Waals surface area contributed by atoms with Gasteiger partial charge in [-0.1, -0.05) is 29.0 Å². The van der Waals surface area contributed by atoms with Gasteiger partial charge in [0.05, 0.1) is 30.5 Å². The Morgan fingerprint density at radius 3 is 2.65 bits per heavy atom. The van der Waals surface area contributed by atoms with Crippen LogP contribution in [0.5, 0.6) is 11.5 Å². The summed E-state index contributed by atoms with van der Waals surface area (Å²) in [5.74, 6) is 1.32. The molecule has 0 aliphatic carbocycles. The Bertz CT molecular complexity index is 1020. The Morgan fingerprint density at radius 1 is 1.16 bits per heavy atom. The van der Waals surface area contributed by atoms with Crippen LogP contribution in [0.3, 0.4) is 0 Å². The van der Waals surface area contributed by atoms with Gasteiger partial charge in [-0.3, -0.25) is 14.6 Å². The maximum Gasteiger partial charge on any atom is 0.266 e. The molecule has 0 bridgehead atoms. The van der Waals surface area contributed by atoms with Crippen molar-refractivity contribution in [3.8, 4) is 11.5 Å². The Morgan fingerprint density at radius 2 is 1.90 bits per heavy atom. The van der Waals surface area contributed by atoms with E-state index >= 15 is 0 Å². The van der Waals surface area contributed by atoms with Gasteiger partial charge in [0.15, 0.2) is 11.7 Å². The Labute approximate surface area is 186 Å². The van der Waals surface area contributed by atoms with Gasteiger partial charge in [-0.2, -0.15) is 0 Å². The van der Waals surface area contributed by atoms with Crippen molar-refractivity contribution in [1.29, 1.82) is 0 Å². The summed E-state index contributed by atoms with van der Waals surface area (Å²) >= 11 is 1.50.